The lowest BCUT2D eigenvalue weighted by molar-refractivity contribution is 0.0550. The summed E-state index contributed by atoms with van der Waals surface area (Å²) in [5, 5.41) is 2.62. The van der Waals surface area contributed by atoms with Crippen molar-refractivity contribution in [2.75, 3.05) is 4.67 Å². The molecule has 0 saturated heterocycles. The standard InChI is InChI=1S/C12H13N2O4P/c1-12(2,3)18-11(16)13-10(15)14-8-5-4-6-9(7-8)19(14)17/h4-7H,1-3H3/p+1. The summed E-state index contributed by atoms with van der Waals surface area (Å²) < 4.78 is 18.0. The summed E-state index contributed by atoms with van der Waals surface area (Å²) in [4.78, 5) is 23.4. The molecule has 0 saturated carbocycles. The van der Waals surface area contributed by atoms with Crippen molar-refractivity contribution in [3.8, 4) is 0 Å². The SMILES string of the molecule is CC(C)(C)OC(=O)NC(=O)N1c2cccc(c2)[P+]1=O. The van der Waals surface area contributed by atoms with Crippen molar-refractivity contribution < 1.29 is 18.9 Å². The molecule has 2 rings (SSSR count). The molecule has 19 heavy (non-hydrogen) atoms. The number of hydrogen-bond acceptors (Lipinski definition) is 4. The lowest BCUT2D eigenvalue weighted by Gasteiger charge is -2.19. The highest BCUT2D eigenvalue weighted by Gasteiger charge is 2.44. The third kappa shape index (κ3) is 2.90. The maximum absolute atomic E-state index is 12.0. The van der Waals surface area contributed by atoms with Gasteiger partial charge in [-0.25, -0.2) is 14.9 Å². The number of ether oxygens (including phenoxy) is 1. The predicted octanol–water partition coefficient (Wildman–Crippen LogP) is 2.52. The summed E-state index contributed by atoms with van der Waals surface area (Å²) in [5.74, 6) is 0. The van der Waals surface area contributed by atoms with Crippen molar-refractivity contribution in [2.45, 2.75) is 26.4 Å². The Bertz CT molecular complexity index is 565. The molecular formula is C12H14N2O4P+. The quantitative estimate of drug-likeness (QED) is 0.741. The average Bonchev–Trinajstić information content (AvgIpc) is 2.47. The third-order valence-corrected chi connectivity index (χ3v) is 3.77. The molecule has 1 unspecified atom stereocenters. The molecular weight excluding hydrogens is 267 g/mol. The maximum Gasteiger partial charge on any atom is 0.511 e. The van der Waals surface area contributed by atoms with Crippen molar-refractivity contribution in [2.24, 2.45) is 0 Å². The summed E-state index contributed by atoms with van der Waals surface area (Å²) >= 11 is 0. The van der Waals surface area contributed by atoms with Gasteiger partial charge in [-0.3, -0.25) is 0 Å². The number of amides is 3. The van der Waals surface area contributed by atoms with Gasteiger partial charge in [0.05, 0.1) is 5.69 Å². The van der Waals surface area contributed by atoms with Crippen LogP contribution in [0.1, 0.15) is 20.8 Å². The number of nitrogens with zero attached hydrogens (tertiary/aromatic N) is 1. The second-order valence-electron chi connectivity index (χ2n) is 5.04. The number of urea groups is 1. The zero-order chi connectivity index (χ0) is 14.2. The molecule has 0 fully saturated rings. The predicted molar refractivity (Wildman–Crippen MR) is 70.9 cm³/mol. The van der Waals surface area contributed by atoms with Crippen LogP contribution >= 0.6 is 7.95 Å². The van der Waals surface area contributed by atoms with Gasteiger partial charge in [0.2, 0.25) is 5.30 Å². The van der Waals surface area contributed by atoms with E-state index in [9.17, 15) is 14.2 Å². The number of fused-ring (bicyclic) bond motifs is 2. The molecule has 6 nitrogen and oxygen atoms in total. The van der Waals surface area contributed by atoms with E-state index in [0.717, 1.165) is 4.67 Å². The van der Waals surface area contributed by atoms with Crippen LogP contribution in [0.3, 0.4) is 0 Å². The van der Waals surface area contributed by atoms with Gasteiger partial charge in [0, 0.05) is 6.07 Å². The first kappa shape index (κ1) is 13.5. The van der Waals surface area contributed by atoms with Gasteiger partial charge in [-0.1, -0.05) is 10.7 Å². The first-order chi connectivity index (χ1) is 8.78. The van der Waals surface area contributed by atoms with E-state index in [1.54, 1.807) is 45.0 Å². The minimum atomic E-state index is -2.00. The Morgan fingerprint density at radius 2 is 2.00 bits per heavy atom. The van der Waals surface area contributed by atoms with Crippen LogP contribution in [0.4, 0.5) is 15.3 Å². The molecule has 2 bridgehead atoms. The topological polar surface area (TPSA) is 75.7 Å². The zero-order valence-corrected chi connectivity index (χ0v) is 11.7. The van der Waals surface area contributed by atoms with E-state index in [1.807, 2.05) is 0 Å². The van der Waals surface area contributed by atoms with Crippen LogP contribution in [-0.4, -0.2) is 17.7 Å². The zero-order valence-electron chi connectivity index (χ0n) is 10.8. The highest BCUT2D eigenvalue weighted by atomic mass is 31.1. The molecule has 0 aliphatic carbocycles. The summed E-state index contributed by atoms with van der Waals surface area (Å²) in [6.45, 7) is 5.07. The number of rotatable bonds is 0. The van der Waals surface area contributed by atoms with Gasteiger partial charge in [0.1, 0.15) is 5.60 Å². The molecule has 1 heterocycles. The van der Waals surface area contributed by atoms with Gasteiger partial charge < -0.3 is 4.74 Å². The minimum absolute atomic E-state index is 0.500. The smallest absolute Gasteiger partial charge is 0.443 e. The lowest BCUT2D eigenvalue weighted by atomic mass is 10.2. The van der Waals surface area contributed by atoms with E-state index in [0.29, 0.717) is 11.0 Å². The van der Waals surface area contributed by atoms with Gasteiger partial charge in [-0.05, 0) is 37.5 Å². The highest BCUT2D eigenvalue weighted by Crippen LogP contribution is 2.39. The Balaban J connectivity index is 2.06. The van der Waals surface area contributed by atoms with Crippen molar-refractivity contribution in [3.63, 3.8) is 0 Å². The summed E-state index contributed by atoms with van der Waals surface area (Å²) in [7, 11) is -2.00. The monoisotopic (exact) mass is 281 g/mol. The molecule has 1 aromatic carbocycles. The number of carbonyl (C=O) groups excluding carboxylic acids is 2. The largest absolute Gasteiger partial charge is 0.511 e. The van der Waals surface area contributed by atoms with E-state index in [-0.39, 0.29) is 0 Å². The van der Waals surface area contributed by atoms with Crippen LogP contribution in [0.5, 0.6) is 0 Å². The van der Waals surface area contributed by atoms with Crippen LogP contribution < -0.4 is 15.3 Å². The molecule has 100 valence electrons. The Labute approximate surface area is 111 Å². The number of alkyl carbamates (subject to hydrolysis) is 1. The molecule has 1 N–H and O–H groups in total. The van der Waals surface area contributed by atoms with Crippen LogP contribution in [-0.2, 0) is 9.30 Å². The van der Waals surface area contributed by atoms with E-state index in [2.05, 4.69) is 5.32 Å². The molecule has 1 aliphatic heterocycles. The molecule has 0 spiro atoms. The fourth-order valence-corrected chi connectivity index (χ4v) is 2.84. The van der Waals surface area contributed by atoms with Crippen LogP contribution in [0, 0.1) is 0 Å². The fraction of sp³-hybridized carbons (Fsp3) is 0.333. The highest BCUT2D eigenvalue weighted by molar-refractivity contribution is 7.57. The van der Waals surface area contributed by atoms with Crippen LogP contribution in [0.15, 0.2) is 24.3 Å². The summed E-state index contributed by atoms with van der Waals surface area (Å²) in [5.41, 5.74) is -0.200. The van der Waals surface area contributed by atoms with Gasteiger partial charge >= 0.3 is 20.1 Å². The second-order valence-corrected chi connectivity index (χ2v) is 6.50. The van der Waals surface area contributed by atoms with Crippen molar-refractivity contribution >= 4 is 31.1 Å². The first-order valence-corrected chi connectivity index (χ1v) is 6.90. The normalized spacial score (nSPS) is 15.3. The Morgan fingerprint density at radius 3 is 2.58 bits per heavy atom. The number of anilines is 1. The average molecular weight is 281 g/mol. The van der Waals surface area contributed by atoms with Gasteiger partial charge in [-0.2, -0.15) is 0 Å². The number of imide groups is 1. The minimum Gasteiger partial charge on any atom is -0.443 e. The number of hydrogen-bond donors (Lipinski definition) is 1. The second kappa shape index (κ2) is 4.63. The molecule has 1 aliphatic rings. The Hall–Kier alpha value is -1.94. The lowest BCUT2D eigenvalue weighted by Crippen LogP contribution is -2.41. The third-order valence-electron chi connectivity index (χ3n) is 2.28. The molecule has 0 aromatic heterocycles. The Kier molecular flexibility index (Phi) is 3.28. The molecule has 0 radical (unpaired) electrons. The van der Waals surface area contributed by atoms with Crippen molar-refractivity contribution in [3.05, 3.63) is 24.3 Å². The van der Waals surface area contributed by atoms with Gasteiger partial charge in [0.25, 0.3) is 0 Å². The Morgan fingerprint density at radius 1 is 1.32 bits per heavy atom. The molecule has 3 amide bonds. The molecule has 1 atom stereocenters. The van der Waals surface area contributed by atoms with Gasteiger partial charge in [0.15, 0.2) is 0 Å². The maximum atomic E-state index is 12.0. The summed E-state index contributed by atoms with van der Waals surface area (Å²) in [6, 6.07) is 5.92. The first-order valence-electron chi connectivity index (χ1n) is 5.69. The molecule has 1 aromatic rings. The molecule has 7 heteroatoms. The number of benzene rings is 1. The van der Waals surface area contributed by atoms with E-state index in [4.69, 9.17) is 4.74 Å². The fourth-order valence-electron chi connectivity index (χ4n) is 1.61. The van der Waals surface area contributed by atoms with Crippen molar-refractivity contribution in [1.82, 2.24) is 5.32 Å². The number of nitrogens with one attached hydrogen (secondary N) is 1. The van der Waals surface area contributed by atoms with Crippen LogP contribution in [0.2, 0.25) is 0 Å². The van der Waals surface area contributed by atoms with Crippen LogP contribution in [0.25, 0.3) is 0 Å². The van der Waals surface area contributed by atoms with Gasteiger partial charge in [-0.15, -0.1) is 0 Å². The van der Waals surface area contributed by atoms with E-state index >= 15 is 0 Å². The van der Waals surface area contributed by atoms with E-state index in [1.165, 1.54) is 0 Å². The summed E-state index contributed by atoms with van der Waals surface area (Å²) in [6.07, 6.45) is -0.860. The van der Waals surface area contributed by atoms with E-state index < -0.39 is 25.7 Å². The van der Waals surface area contributed by atoms with Crippen molar-refractivity contribution in [1.29, 1.82) is 0 Å². The number of carbonyl (C=O) groups is 2.